The van der Waals surface area contributed by atoms with E-state index in [9.17, 15) is 4.79 Å². The average Bonchev–Trinajstić information content (AvgIpc) is 2.84. The molecule has 4 heteroatoms. The highest BCUT2D eigenvalue weighted by atomic mass is 16.5. The normalized spacial score (nSPS) is 20.1. The predicted octanol–water partition coefficient (Wildman–Crippen LogP) is 6.09. The summed E-state index contributed by atoms with van der Waals surface area (Å²) in [5, 5.41) is 7.20. The molecule has 2 aliphatic rings. The molecular weight excluding hydrogens is 360 g/mol. The molecule has 1 aliphatic carbocycles. The van der Waals surface area contributed by atoms with Gasteiger partial charge in [0.1, 0.15) is 5.75 Å². The highest BCUT2D eigenvalue weighted by molar-refractivity contribution is 6.01. The fourth-order valence-electron chi connectivity index (χ4n) is 4.26. The molecule has 0 aromatic heterocycles. The monoisotopic (exact) mass is 390 g/mol. The summed E-state index contributed by atoms with van der Waals surface area (Å²) in [7, 11) is 0. The zero-order chi connectivity index (χ0) is 20.4. The van der Waals surface area contributed by atoms with Crippen LogP contribution < -0.4 is 15.4 Å². The van der Waals surface area contributed by atoms with Crippen LogP contribution in [0.1, 0.15) is 58.1 Å². The van der Waals surface area contributed by atoms with E-state index in [1.165, 1.54) is 0 Å². The molecule has 2 N–H and O–H groups in total. The van der Waals surface area contributed by atoms with Crippen molar-refractivity contribution in [3.63, 3.8) is 0 Å². The van der Waals surface area contributed by atoms with Gasteiger partial charge in [0.05, 0.1) is 24.0 Å². The molecule has 4 rings (SSSR count). The van der Waals surface area contributed by atoms with Crippen LogP contribution in [0.3, 0.4) is 0 Å². The van der Waals surface area contributed by atoms with E-state index in [-0.39, 0.29) is 17.2 Å². The molecule has 0 amide bonds. The molecule has 1 aliphatic heterocycles. The molecule has 0 bridgehead atoms. The first kappa shape index (κ1) is 19.6. The summed E-state index contributed by atoms with van der Waals surface area (Å²) in [5.74, 6) is 1.07. The van der Waals surface area contributed by atoms with Crippen LogP contribution in [-0.2, 0) is 4.79 Å². The van der Waals surface area contributed by atoms with Crippen LogP contribution in [0.4, 0.5) is 11.4 Å². The van der Waals surface area contributed by atoms with Crippen LogP contribution in [0.15, 0.2) is 59.8 Å². The summed E-state index contributed by atoms with van der Waals surface area (Å²) in [6.07, 6.45) is 3.56. The number of Topliss-reactive ketones (excluding diaryl/α,β-unsaturated/α-hetero) is 1. The molecule has 0 fully saturated rings. The van der Waals surface area contributed by atoms with E-state index >= 15 is 0 Å². The van der Waals surface area contributed by atoms with Gasteiger partial charge in [0.25, 0.3) is 0 Å². The molecule has 2 aromatic carbocycles. The van der Waals surface area contributed by atoms with Gasteiger partial charge in [-0.3, -0.25) is 4.79 Å². The van der Waals surface area contributed by atoms with E-state index in [0.29, 0.717) is 13.0 Å². The number of hydrogen-bond donors (Lipinski definition) is 2. The van der Waals surface area contributed by atoms with Gasteiger partial charge in [-0.15, -0.1) is 0 Å². The Labute approximate surface area is 173 Å². The van der Waals surface area contributed by atoms with Gasteiger partial charge in [0.2, 0.25) is 0 Å². The number of allylic oxidation sites excluding steroid dienone is 1. The predicted molar refractivity (Wildman–Crippen MR) is 118 cm³/mol. The fraction of sp³-hybridized carbons (Fsp3) is 0.400. The lowest BCUT2D eigenvalue weighted by Crippen LogP contribution is -2.31. The number of carbonyl (C=O) groups is 1. The third-order valence-corrected chi connectivity index (χ3v) is 5.68. The third kappa shape index (κ3) is 4.16. The topological polar surface area (TPSA) is 50.4 Å². The van der Waals surface area contributed by atoms with Crippen LogP contribution in [-0.4, -0.2) is 12.4 Å². The summed E-state index contributed by atoms with van der Waals surface area (Å²) < 4.78 is 5.93. The van der Waals surface area contributed by atoms with E-state index in [1.54, 1.807) is 0 Å². The van der Waals surface area contributed by atoms with Crippen molar-refractivity contribution < 1.29 is 9.53 Å². The summed E-state index contributed by atoms with van der Waals surface area (Å²) in [6.45, 7) is 7.20. The van der Waals surface area contributed by atoms with Crippen molar-refractivity contribution in [3.05, 3.63) is 65.4 Å². The quantitative estimate of drug-likeness (QED) is 0.607. The second-order valence-corrected chi connectivity index (χ2v) is 8.86. The Hall–Kier alpha value is -2.75. The highest BCUT2D eigenvalue weighted by Gasteiger charge is 2.38. The minimum Gasteiger partial charge on any atom is -0.494 e. The van der Waals surface area contributed by atoms with E-state index in [4.69, 9.17) is 4.74 Å². The van der Waals surface area contributed by atoms with Crippen molar-refractivity contribution in [2.75, 3.05) is 17.2 Å². The second kappa shape index (κ2) is 7.94. The summed E-state index contributed by atoms with van der Waals surface area (Å²) >= 11 is 0. The fourth-order valence-corrected chi connectivity index (χ4v) is 4.26. The lowest BCUT2D eigenvalue weighted by Gasteiger charge is -2.34. The number of ether oxygens (including phenoxy) is 1. The molecule has 4 nitrogen and oxygen atoms in total. The number of carbonyl (C=O) groups excluding carboxylic acids is 1. The maximum Gasteiger partial charge on any atom is 0.163 e. The van der Waals surface area contributed by atoms with Crippen LogP contribution >= 0.6 is 0 Å². The first-order valence-electron chi connectivity index (χ1n) is 10.6. The van der Waals surface area contributed by atoms with E-state index < -0.39 is 0 Å². The number of ketones is 1. The molecule has 0 saturated heterocycles. The van der Waals surface area contributed by atoms with Gasteiger partial charge in [-0.25, -0.2) is 0 Å². The lowest BCUT2D eigenvalue weighted by atomic mass is 9.73. The Morgan fingerprint density at radius 3 is 2.66 bits per heavy atom. The van der Waals surface area contributed by atoms with Gasteiger partial charge in [-0.2, -0.15) is 0 Å². The Morgan fingerprint density at radius 1 is 1.07 bits per heavy atom. The molecule has 1 atom stereocenters. The minimum absolute atomic E-state index is 0.0438. The smallest absolute Gasteiger partial charge is 0.163 e. The van der Waals surface area contributed by atoms with Crippen molar-refractivity contribution in [1.82, 2.24) is 0 Å². The number of para-hydroxylation sites is 2. The summed E-state index contributed by atoms with van der Waals surface area (Å²) in [4.78, 5) is 13.3. The Bertz CT molecular complexity index is 945. The third-order valence-electron chi connectivity index (χ3n) is 5.68. The molecule has 0 unspecified atom stereocenters. The molecule has 0 spiro atoms. The van der Waals surface area contributed by atoms with Gasteiger partial charge < -0.3 is 15.4 Å². The standard InChI is InChI=1S/C25H30N2O2/c1-4-5-13-29-18-10-8-9-17(14-18)24-23-21(15-25(2,3)16-22(23)28)26-19-11-6-7-12-20(19)27-24/h6-12,14,24,26-27H,4-5,13,15-16H2,1-3H3/t24-/m0/s1. The number of benzene rings is 2. The molecule has 152 valence electrons. The van der Waals surface area contributed by atoms with Crippen LogP contribution in [0.2, 0.25) is 0 Å². The summed E-state index contributed by atoms with van der Waals surface area (Å²) in [5.41, 5.74) is 4.92. The zero-order valence-electron chi connectivity index (χ0n) is 17.5. The average molecular weight is 391 g/mol. The van der Waals surface area contributed by atoms with E-state index in [0.717, 1.165) is 53.2 Å². The zero-order valence-corrected chi connectivity index (χ0v) is 17.5. The van der Waals surface area contributed by atoms with Gasteiger partial charge in [0, 0.05) is 17.7 Å². The Kier molecular flexibility index (Phi) is 5.35. The molecular formula is C25H30N2O2. The van der Waals surface area contributed by atoms with Crippen molar-refractivity contribution >= 4 is 17.2 Å². The maximum absolute atomic E-state index is 13.3. The van der Waals surface area contributed by atoms with Crippen molar-refractivity contribution in [2.45, 2.75) is 52.5 Å². The highest BCUT2D eigenvalue weighted by Crippen LogP contribution is 2.45. The van der Waals surface area contributed by atoms with Crippen LogP contribution in [0, 0.1) is 5.41 Å². The van der Waals surface area contributed by atoms with Gasteiger partial charge in [-0.1, -0.05) is 51.5 Å². The largest absolute Gasteiger partial charge is 0.494 e. The Balaban J connectivity index is 1.76. The lowest BCUT2D eigenvalue weighted by molar-refractivity contribution is -0.118. The van der Waals surface area contributed by atoms with Crippen LogP contribution in [0.25, 0.3) is 0 Å². The number of anilines is 2. The second-order valence-electron chi connectivity index (χ2n) is 8.86. The molecule has 29 heavy (non-hydrogen) atoms. The van der Waals surface area contributed by atoms with Crippen molar-refractivity contribution in [2.24, 2.45) is 5.41 Å². The van der Waals surface area contributed by atoms with E-state index in [2.05, 4.69) is 55.7 Å². The SMILES string of the molecule is CCCCOc1cccc([C@@H]2Nc3ccccc3NC3=C2C(=O)CC(C)(C)C3)c1. The number of fused-ring (bicyclic) bond motifs is 1. The van der Waals surface area contributed by atoms with Crippen LogP contribution in [0.5, 0.6) is 5.75 Å². The first-order chi connectivity index (χ1) is 14.0. The number of nitrogens with one attached hydrogen (secondary N) is 2. The molecule has 0 radical (unpaired) electrons. The number of unbranched alkanes of at least 4 members (excludes halogenated alkanes) is 1. The van der Waals surface area contributed by atoms with E-state index in [1.807, 2.05) is 24.3 Å². The van der Waals surface area contributed by atoms with Gasteiger partial charge >= 0.3 is 0 Å². The summed E-state index contributed by atoms with van der Waals surface area (Å²) in [6, 6.07) is 16.1. The Morgan fingerprint density at radius 2 is 1.86 bits per heavy atom. The molecule has 1 heterocycles. The van der Waals surface area contributed by atoms with Crippen molar-refractivity contribution in [3.8, 4) is 5.75 Å². The minimum atomic E-state index is -0.195. The number of hydrogen-bond acceptors (Lipinski definition) is 4. The molecule has 2 aromatic rings. The van der Waals surface area contributed by atoms with Gasteiger partial charge in [0.15, 0.2) is 5.78 Å². The first-order valence-corrected chi connectivity index (χ1v) is 10.6. The maximum atomic E-state index is 13.3. The number of rotatable bonds is 5. The van der Waals surface area contributed by atoms with Crippen molar-refractivity contribution in [1.29, 1.82) is 0 Å². The molecule has 0 saturated carbocycles. The van der Waals surface area contributed by atoms with Gasteiger partial charge in [-0.05, 0) is 48.1 Å².